The van der Waals surface area contributed by atoms with E-state index in [4.69, 9.17) is 0 Å². The maximum Gasteiger partial charge on any atom is 0.325 e. The molecule has 226 valence electrons. The predicted octanol–water partition coefficient (Wildman–Crippen LogP) is 5.66. The Morgan fingerprint density at radius 3 is 2.40 bits per heavy atom. The molecule has 8 nitrogen and oxygen atoms in total. The molecule has 0 bridgehead atoms. The van der Waals surface area contributed by atoms with Crippen LogP contribution in [0, 0.1) is 18.8 Å². The summed E-state index contributed by atoms with van der Waals surface area (Å²) in [6.45, 7) is 2.09. The van der Waals surface area contributed by atoms with E-state index in [1.54, 1.807) is 11.7 Å². The number of carboxylic acid groups (broad SMARTS) is 1. The van der Waals surface area contributed by atoms with Gasteiger partial charge in [0.2, 0.25) is 11.8 Å². The number of hydrogen-bond acceptors (Lipinski definition) is 6. The molecule has 2 saturated heterocycles. The van der Waals surface area contributed by atoms with Crippen LogP contribution in [0.4, 0.5) is 0 Å². The highest BCUT2D eigenvalue weighted by molar-refractivity contribution is 7.09. The molecule has 5 aromatic rings. The number of likely N-dealkylation sites (tertiary alicyclic amines) is 1. The maximum absolute atomic E-state index is 14.2. The van der Waals surface area contributed by atoms with Crippen molar-refractivity contribution in [3.8, 4) is 0 Å². The zero-order valence-corrected chi connectivity index (χ0v) is 25.5. The number of H-pyrrole nitrogens is 1. The number of aromatic amines is 1. The van der Waals surface area contributed by atoms with Gasteiger partial charge in [0.25, 0.3) is 0 Å². The van der Waals surface area contributed by atoms with E-state index in [-0.39, 0.29) is 18.9 Å². The van der Waals surface area contributed by atoms with Gasteiger partial charge < -0.3 is 10.1 Å². The normalized spacial score (nSPS) is 23.0. The summed E-state index contributed by atoms with van der Waals surface area (Å²) in [7, 11) is 0. The highest BCUT2D eigenvalue weighted by Crippen LogP contribution is 2.50. The van der Waals surface area contributed by atoms with Gasteiger partial charge in [-0.3, -0.25) is 24.6 Å². The third kappa shape index (κ3) is 5.08. The van der Waals surface area contributed by atoms with Crippen molar-refractivity contribution < 1.29 is 19.5 Å². The molecule has 9 heteroatoms. The van der Waals surface area contributed by atoms with Crippen LogP contribution in [0.3, 0.4) is 0 Å². The summed E-state index contributed by atoms with van der Waals surface area (Å²) in [4.78, 5) is 51.5. The van der Waals surface area contributed by atoms with E-state index < -0.39 is 35.3 Å². The number of carbonyl (C=O) groups excluding carboxylic acids is 2. The first-order valence-corrected chi connectivity index (χ1v) is 15.9. The minimum atomic E-state index is -1.69. The molecule has 0 aliphatic carbocycles. The van der Waals surface area contributed by atoms with Gasteiger partial charge in [0.1, 0.15) is 5.54 Å². The number of amides is 2. The highest BCUT2D eigenvalue weighted by Gasteiger charge is 2.68. The van der Waals surface area contributed by atoms with Crippen LogP contribution < -0.4 is 5.32 Å². The van der Waals surface area contributed by atoms with Crippen molar-refractivity contribution in [2.45, 2.75) is 31.3 Å². The molecule has 3 aromatic carbocycles. The predicted molar refractivity (Wildman–Crippen MR) is 174 cm³/mol. The maximum atomic E-state index is 14.2. The van der Waals surface area contributed by atoms with Crippen LogP contribution in [-0.4, -0.2) is 49.8 Å². The monoisotopic (exact) mass is 616 g/mol. The van der Waals surface area contributed by atoms with Crippen LogP contribution in [0.2, 0.25) is 0 Å². The molecule has 3 N–H and O–H groups in total. The molecular weight excluding hydrogens is 584 g/mol. The molecule has 4 heterocycles. The second-order valence-electron chi connectivity index (χ2n) is 11.8. The Hall–Kier alpha value is -4.86. The molecule has 45 heavy (non-hydrogen) atoms. The fourth-order valence-corrected chi connectivity index (χ4v) is 7.70. The smallest absolute Gasteiger partial charge is 0.325 e. The molecule has 2 amide bonds. The van der Waals surface area contributed by atoms with Crippen LogP contribution in [-0.2, 0) is 27.2 Å². The number of nitrogens with zero attached hydrogens (tertiary/aromatic N) is 2. The minimum absolute atomic E-state index is 0.0444. The van der Waals surface area contributed by atoms with E-state index in [0.717, 1.165) is 43.7 Å². The molecule has 0 radical (unpaired) electrons. The van der Waals surface area contributed by atoms with Gasteiger partial charge in [0, 0.05) is 47.4 Å². The number of thiazole rings is 1. The second kappa shape index (κ2) is 11.6. The summed E-state index contributed by atoms with van der Waals surface area (Å²) in [5, 5.41) is 15.2. The van der Waals surface area contributed by atoms with Crippen LogP contribution in [0.1, 0.15) is 38.9 Å². The lowest BCUT2D eigenvalue weighted by atomic mass is 9.76. The third-order valence-electron chi connectivity index (χ3n) is 9.24. The van der Waals surface area contributed by atoms with Crippen LogP contribution in [0.15, 0.2) is 90.6 Å². The average molecular weight is 617 g/mol. The van der Waals surface area contributed by atoms with Crippen LogP contribution in [0.25, 0.3) is 23.1 Å². The largest absolute Gasteiger partial charge is 0.480 e. The molecule has 7 rings (SSSR count). The Morgan fingerprint density at radius 2 is 1.69 bits per heavy atom. The number of carbonyl (C=O) groups is 3. The Labute approximate surface area is 264 Å². The number of aryl methyl sites for hydroxylation is 1. The lowest BCUT2D eigenvalue weighted by molar-refractivity contribution is -0.151. The minimum Gasteiger partial charge on any atom is -0.480 e. The van der Waals surface area contributed by atoms with E-state index in [0.29, 0.717) is 6.42 Å². The molecule has 0 saturated carbocycles. The summed E-state index contributed by atoms with van der Waals surface area (Å²) < 4.78 is 0. The van der Waals surface area contributed by atoms with E-state index in [1.807, 2.05) is 97.9 Å². The summed E-state index contributed by atoms with van der Waals surface area (Å²) in [6.07, 6.45) is 6.37. The number of carboxylic acids is 1. The Balaban J connectivity index is 1.25. The van der Waals surface area contributed by atoms with Crippen molar-refractivity contribution in [2.75, 3.05) is 6.54 Å². The van der Waals surface area contributed by atoms with Crippen molar-refractivity contribution in [3.05, 3.63) is 123 Å². The fraction of sp³-hybridized carbons (Fsp3) is 0.222. The number of para-hydroxylation sites is 1. The Bertz CT molecular complexity index is 1930. The molecule has 4 unspecified atom stereocenters. The number of aliphatic carboxylic acids is 1. The lowest BCUT2D eigenvalue weighted by Gasteiger charge is -2.31. The number of fused-ring (bicyclic) bond motifs is 2. The van der Waals surface area contributed by atoms with Gasteiger partial charge in [-0.2, -0.15) is 0 Å². The summed E-state index contributed by atoms with van der Waals surface area (Å²) in [5.41, 5.74) is 5.42. The van der Waals surface area contributed by atoms with Gasteiger partial charge in [-0.25, -0.2) is 4.98 Å². The van der Waals surface area contributed by atoms with Crippen molar-refractivity contribution >= 4 is 52.2 Å². The van der Waals surface area contributed by atoms with Gasteiger partial charge in [-0.1, -0.05) is 84.9 Å². The lowest BCUT2D eigenvalue weighted by Crippen LogP contribution is -2.57. The van der Waals surface area contributed by atoms with Gasteiger partial charge in [-0.15, -0.1) is 11.3 Å². The zero-order chi connectivity index (χ0) is 31.1. The van der Waals surface area contributed by atoms with E-state index in [2.05, 4.69) is 15.3 Å². The van der Waals surface area contributed by atoms with Gasteiger partial charge in [-0.05, 0) is 35.2 Å². The third-order valence-corrected chi connectivity index (χ3v) is 10.2. The Morgan fingerprint density at radius 1 is 0.978 bits per heavy atom. The first kappa shape index (κ1) is 28.9. The summed E-state index contributed by atoms with van der Waals surface area (Å²) >= 11 is 1.49. The Kier molecular flexibility index (Phi) is 7.43. The molecule has 2 aliphatic heterocycles. The zero-order valence-electron chi connectivity index (χ0n) is 24.6. The van der Waals surface area contributed by atoms with E-state index in [9.17, 15) is 19.5 Å². The van der Waals surface area contributed by atoms with Crippen molar-refractivity contribution in [3.63, 3.8) is 0 Å². The van der Waals surface area contributed by atoms with Crippen molar-refractivity contribution in [1.82, 2.24) is 20.2 Å². The number of aromatic nitrogens is 2. The molecule has 0 spiro atoms. The molecule has 2 fully saturated rings. The van der Waals surface area contributed by atoms with Crippen molar-refractivity contribution in [1.29, 1.82) is 0 Å². The van der Waals surface area contributed by atoms with E-state index in [1.165, 1.54) is 16.2 Å². The molecule has 2 aromatic heterocycles. The topological polar surface area (TPSA) is 115 Å². The fourth-order valence-electron chi connectivity index (χ4n) is 6.93. The van der Waals surface area contributed by atoms with Gasteiger partial charge in [0.15, 0.2) is 0 Å². The second-order valence-corrected chi connectivity index (χ2v) is 12.7. The standard InChI is InChI=1S/C36H32N4O4S/c1-22-29(45-21-38-22)17-18-40-33(41)30-31(34(40)42)36(35(43)44,19-26-20-37-28-10-6-5-9-27(26)28)39-32(30)25-15-13-24(14-16-25)12-11-23-7-3-2-4-8-23/h2-16,20-21,30-32,37,39H,17-19H2,1H3,(H,43,44). The number of benzene rings is 3. The first-order valence-electron chi connectivity index (χ1n) is 15.0. The first-order chi connectivity index (χ1) is 21.9. The SMILES string of the molecule is Cc1ncsc1CCN1C(=O)C2C(c3ccc(C=Cc4ccccc4)cc3)NC(Cc3c[nH]c4ccccc34)(C(=O)O)C2C1=O. The van der Waals surface area contributed by atoms with Gasteiger partial charge in [0.05, 0.1) is 23.0 Å². The van der Waals surface area contributed by atoms with Gasteiger partial charge >= 0.3 is 5.97 Å². The number of nitrogens with one attached hydrogen (secondary N) is 2. The van der Waals surface area contributed by atoms with Crippen LogP contribution in [0.5, 0.6) is 0 Å². The quantitative estimate of drug-likeness (QED) is 0.146. The average Bonchev–Trinajstić information content (AvgIpc) is 3.81. The highest BCUT2D eigenvalue weighted by atomic mass is 32.1. The van der Waals surface area contributed by atoms with Crippen LogP contribution >= 0.6 is 11.3 Å². The summed E-state index contributed by atoms with van der Waals surface area (Å²) in [6, 6.07) is 24.8. The number of rotatable bonds is 9. The molecular formula is C36H32N4O4S. The summed E-state index contributed by atoms with van der Waals surface area (Å²) in [5.74, 6) is -3.84. The van der Waals surface area contributed by atoms with E-state index >= 15 is 0 Å². The molecule has 4 atom stereocenters. The van der Waals surface area contributed by atoms with Crippen molar-refractivity contribution in [2.24, 2.45) is 11.8 Å². The number of hydrogen-bond donors (Lipinski definition) is 3. The molecule has 2 aliphatic rings. The number of imide groups is 1.